The van der Waals surface area contributed by atoms with Gasteiger partial charge in [0.15, 0.2) is 0 Å². The first kappa shape index (κ1) is 8.39. The summed E-state index contributed by atoms with van der Waals surface area (Å²) < 4.78 is 0. The van der Waals surface area contributed by atoms with E-state index in [4.69, 9.17) is 10.8 Å². The molecule has 12 heavy (non-hydrogen) atoms. The average Bonchev–Trinajstić information content (AvgIpc) is 2.03. The molecule has 0 unspecified atom stereocenters. The summed E-state index contributed by atoms with van der Waals surface area (Å²) >= 11 is 0. The van der Waals surface area contributed by atoms with Crippen molar-refractivity contribution in [3.8, 4) is 5.75 Å². The molecule has 4 heteroatoms. The zero-order valence-corrected chi connectivity index (χ0v) is 6.37. The fourth-order valence-electron chi connectivity index (χ4n) is 0.748. The molecule has 0 aliphatic heterocycles. The highest BCUT2D eigenvalue weighted by atomic mass is 16.3. The Hall–Kier alpha value is -1.71. The number of phenols is 1. The van der Waals surface area contributed by atoms with Crippen molar-refractivity contribution in [2.75, 3.05) is 0 Å². The van der Waals surface area contributed by atoms with Crippen molar-refractivity contribution in [3.05, 3.63) is 29.8 Å². The zero-order chi connectivity index (χ0) is 8.97. The first-order valence-corrected chi connectivity index (χ1v) is 3.41. The summed E-state index contributed by atoms with van der Waals surface area (Å²) in [6, 6.07) is 6.79. The molecule has 2 amide bonds. The number of hydrogen-bond donors (Lipinski definition) is 3. The Kier molecular flexibility index (Phi) is 2.53. The first-order valence-electron chi connectivity index (χ1n) is 3.41. The highest BCUT2D eigenvalue weighted by molar-refractivity contribution is 5.71. The molecule has 0 aromatic heterocycles. The number of benzene rings is 1. The zero-order valence-electron chi connectivity index (χ0n) is 6.37. The summed E-state index contributed by atoms with van der Waals surface area (Å²) in [5.74, 6) is 0.0813. The van der Waals surface area contributed by atoms with E-state index in [1.807, 2.05) is 0 Å². The van der Waals surface area contributed by atoms with Gasteiger partial charge < -0.3 is 16.2 Å². The van der Waals surface area contributed by atoms with Crippen LogP contribution in [-0.4, -0.2) is 11.1 Å². The van der Waals surface area contributed by atoms with Crippen LogP contribution in [0.25, 0.3) is 0 Å². The quantitative estimate of drug-likeness (QED) is 0.591. The standard InChI is InChI=1S/C8H9N2O2/c9-8(12)10-5-6-1-3-7(11)4-2-6/h1-3,11H,5H2,(H3,9,10,12). The monoisotopic (exact) mass is 165 g/mol. The predicted molar refractivity (Wildman–Crippen MR) is 43.4 cm³/mol. The molecule has 0 atom stereocenters. The summed E-state index contributed by atoms with van der Waals surface area (Å²) in [5, 5.41) is 11.3. The van der Waals surface area contributed by atoms with Crippen LogP contribution in [-0.2, 0) is 6.54 Å². The number of rotatable bonds is 2. The van der Waals surface area contributed by atoms with Gasteiger partial charge in [0.2, 0.25) is 0 Å². The lowest BCUT2D eigenvalue weighted by atomic mass is 10.2. The number of nitrogens with two attached hydrogens (primary N) is 1. The molecule has 63 valence electrons. The number of primary amides is 1. The molecular formula is C8H9N2O2. The fraction of sp³-hybridized carbons (Fsp3) is 0.125. The number of carbonyl (C=O) groups is 1. The Morgan fingerprint density at radius 3 is 2.92 bits per heavy atom. The minimum Gasteiger partial charge on any atom is -0.507 e. The number of aromatic hydroxyl groups is 1. The average molecular weight is 165 g/mol. The van der Waals surface area contributed by atoms with Crippen LogP contribution in [0.15, 0.2) is 18.2 Å². The van der Waals surface area contributed by atoms with Crippen LogP contribution >= 0.6 is 0 Å². The number of urea groups is 1. The summed E-state index contributed by atoms with van der Waals surface area (Å²) in [5.41, 5.74) is 5.70. The summed E-state index contributed by atoms with van der Waals surface area (Å²) in [7, 11) is 0. The second-order valence-electron chi connectivity index (χ2n) is 2.30. The van der Waals surface area contributed by atoms with Gasteiger partial charge in [0.05, 0.1) is 0 Å². The third kappa shape index (κ3) is 2.49. The Morgan fingerprint density at radius 2 is 2.42 bits per heavy atom. The van der Waals surface area contributed by atoms with Crippen LogP contribution in [0, 0.1) is 6.07 Å². The summed E-state index contributed by atoms with van der Waals surface area (Å²) in [6.07, 6.45) is 0. The lowest BCUT2D eigenvalue weighted by Gasteiger charge is -2.00. The van der Waals surface area contributed by atoms with Gasteiger partial charge >= 0.3 is 6.03 Å². The first-order chi connectivity index (χ1) is 5.68. The lowest BCUT2D eigenvalue weighted by molar-refractivity contribution is 0.248. The fourth-order valence-corrected chi connectivity index (χ4v) is 0.748. The van der Waals surface area contributed by atoms with E-state index < -0.39 is 6.03 Å². The van der Waals surface area contributed by atoms with Crippen LogP contribution in [0.4, 0.5) is 4.79 Å². The molecule has 4 N–H and O–H groups in total. The van der Waals surface area contributed by atoms with Crippen LogP contribution in [0.3, 0.4) is 0 Å². The molecule has 1 aromatic carbocycles. The maximum absolute atomic E-state index is 10.3. The lowest BCUT2D eigenvalue weighted by Crippen LogP contribution is -2.28. The van der Waals surface area contributed by atoms with Crippen molar-refractivity contribution in [2.45, 2.75) is 6.54 Å². The van der Waals surface area contributed by atoms with Crippen LogP contribution in [0.1, 0.15) is 5.56 Å². The Labute approximate surface area is 70.0 Å². The van der Waals surface area contributed by atoms with E-state index in [0.717, 1.165) is 5.56 Å². The van der Waals surface area contributed by atoms with E-state index in [2.05, 4.69) is 11.4 Å². The van der Waals surface area contributed by atoms with Crippen LogP contribution in [0.2, 0.25) is 0 Å². The largest absolute Gasteiger partial charge is 0.507 e. The molecule has 0 bridgehead atoms. The number of hydrogen-bond acceptors (Lipinski definition) is 2. The van der Waals surface area contributed by atoms with E-state index in [1.165, 1.54) is 6.07 Å². The molecule has 0 fully saturated rings. The maximum atomic E-state index is 10.3. The van der Waals surface area contributed by atoms with Gasteiger partial charge in [-0.15, -0.1) is 0 Å². The number of phenolic OH excluding ortho intramolecular Hbond substituents is 1. The molecule has 0 saturated carbocycles. The van der Waals surface area contributed by atoms with Crippen LogP contribution < -0.4 is 11.1 Å². The number of carbonyl (C=O) groups excluding carboxylic acids is 1. The van der Waals surface area contributed by atoms with Crippen molar-refractivity contribution >= 4 is 6.03 Å². The summed E-state index contributed by atoms with van der Waals surface area (Å²) in [4.78, 5) is 10.3. The van der Waals surface area contributed by atoms with Crippen molar-refractivity contribution in [3.63, 3.8) is 0 Å². The van der Waals surface area contributed by atoms with Crippen molar-refractivity contribution < 1.29 is 9.90 Å². The van der Waals surface area contributed by atoms with Gasteiger partial charge in [-0.1, -0.05) is 6.07 Å². The third-order valence-electron chi connectivity index (χ3n) is 1.33. The van der Waals surface area contributed by atoms with Gasteiger partial charge in [0.25, 0.3) is 0 Å². The summed E-state index contributed by atoms with van der Waals surface area (Å²) in [6.45, 7) is 0.353. The molecule has 0 heterocycles. The van der Waals surface area contributed by atoms with E-state index in [-0.39, 0.29) is 5.75 Å². The Bertz CT molecular complexity index is 269. The Morgan fingerprint density at radius 1 is 1.67 bits per heavy atom. The number of nitrogens with one attached hydrogen (secondary N) is 1. The molecule has 0 saturated heterocycles. The van der Waals surface area contributed by atoms with E-state index in [9.17, 15) is 4.79 Å². The van der Waals surface area contributed by atoms with Crippen molar-refractivity contribution in [1.29, 1.82) is 0 Å². The molecule has 0 aliphatic rings. The van der Waals surface area contributed by atoms with Crippen LogP contribution in [0.5, 0.6) is 5.75 Å². The topological polar surface area (TPSA) is 75.4 Å². The number of amides is 2. The predicted octanol–water partition coefficient (Wildman–Crippen LogP) is 0.361. The van der Waals surface area contributed by atoms with Gasteiger partial charge in [-0.05, 0) is 17.7 Å². The minimum absolute atomic E-state index is 0.0813. The molecule has 4 nitrogen and oxygen atoms in total. The third-order valence-corrected chi connectivity index (χ3v) is 1.33. The van der Waals surface area contributed by atoms with E-state index in [0.29, 0.717) is 6.54 Å². The molecular weight excluding hydrogens is 156 g/mol. The van der Waals surface area contributed by atoms with E-state index >= 15 is 0 Å². The van der Waals surface area contributed by atoms with Gasteiger partial charge in [0.1, 0.15) is 5.75 Å². The molecule has 1 aromatic rings. The van der Waals surface area contributed by atoms with Gasteiger partial charge in [-0.25, -0.2) is 4.79 Å². The smallest absolute Gasteiger partial charge is 0.312 e. The van der Waals surface area contributed by atoms with Gasteiger partial charge in [-0.3, -0.25) is 0 Å². The highest BCUT2D eigenvalue weighted by Crippen LogP contribution is 2.07. The molecule has 0 aliphatic carbocycles. The normalized spacial score (nSPS) is 9.33. The molecule has 0 spiro atoms. The second-order valence-corrected chi connectivity index (χ2v) is 2.30. The molecule has 1 rings (SSSR count). The maximum Gasteiger partial charge on any atom is 0.312 e. The minimum atomic E-state index is -0.567. The SMILES string of the molecule is NC(=O)NCc1c[c]c(O)cc1. The van der Waals surface area contributed by atoms with Gasteiger partial charge in [-0.2, -0.15) is 0 Å². The second kappa shape index (κ2) is 3.61. The molecule has 1 radical (unpaired) electrons. The van der Waals surface area contributed by atoms with E-state index in [1.54, 1.807) is 12.1 Å². The van der Waals surface area contributed by atoms with Crippen molar-refractivity contribution in [1.82, 2.24) is 5.32 Å². The Balaban J connectivity index is 2.53. The highest BCUT2D eigenvalue weighted by Gasteiger charge is 1.94. The van der Waals surface area contributed by atoms with Gasteiger partial charge in [0, 0.05) is 12.6 Å². The van der Waals surface area contributed by atoms with Crippen molar-refractivity contribution in [2.24, 2.45) is 5.73 Å².